The number of nitrogens with one attached hydrogen (secondary N) is 1. The summed E-state index contributed by atoms with van der Waals surface area (Å²) in [6.45, 7) is 1.03. The molecule has 39 heavy (non-hydrogen) atoms. The molecule has 4 rings (SSSR count). The third kappa shape index (κ3) is 6.13. The molecule has 1 saturated heterocycles. The van der Waals surface area contributed by atoms with Crippen LogP contribution in [0, 0.1) is 0 Å². The van der Waals surface area contributed by atoms with Crippen molar-refractivity contribution in [3.05, 3.63) is 58.1 Å². The molecule has 0 saturated carbocycles. The molecular formula is C26H26ClF3N4O5. The second-order valence-electron chi connectivity index (χ2n) is 9.13. The van der Waals surface area contributed by atoms with Crippen LogP contribution < -0.4 is 11.1 Å². The molecule has 0 aromatic heterocycles. The highest BCUT2D eigenvalue weighted by Crippen LogP contribution is 2.39. The molecule has 0 radical (unpaired) electrons. The van der Waals surface area contributed by atoms with Gasteiger partial charge in [0.05, 0.1) is 16.3 Å². The van der Waals surface area contributed by atoms with E-state index in [0.29, 0.717) is 31.9 Å². The van der Waals surface area contributed by atoms with Gasteiger partial charge in [0, 0.05) is 38.5 Å². The highest BCUT2D eigenvalue weighted by molar-refractivity contribution is 6.33. The van der Waals surface area contributed by atoms with E-state index < -0.39 is 40.4 Å². The van der Waals surface area contributed by atoms with Gasteiger partial charge in [-0.2, -0.15) is 13.2 Å². The lowest BCUT2D eigenvalue weighted by Crippen LogP contribution is -2.50. The van der Waals surface area contributed by atoms with Crippen LogP contribution in [0.3, 0.4) is 0 Å². The summed E-state index contributed by atoms with van der Waals surface area (Å²) in [5, 5.41) is 2.50. The molecule has 9 nitrogen and oxygen atoms in total. The molecule has 3 N–H and O–H groups in total. The van der Waals surface area contributed by atoms with Gasteiger partial charge in [-0.05, 0) is 48.6 Å². The van der Waals surface area contributed by atoms with Crippen LogP contribution >= 0.6 is 11.6 Å². The van der Waals surface area contributed by atoms with Crippen molar-refractivity contribution < 1.29 is 37.0 Å². The highest BCUT2D eigenvalue weighted by Gasteiger charge is 2.36. The molecule has 2 aliphatic heterocycles. The van der Waals surface area contributed by atoms with Crippen LogP contribution in [0.5, 0.6) is 0 Å². The number of rotatable bonds is 5. The largest absolute Gasteiger partial charge is 0.418 e. The number of carbonyl (C=O) groups excluding carboxylic acids is 3. The summed E-state index contributed by atoms with van der Waals surface area (Å²) < 4.78 is 50.6. The summed E-state index contributed by atoms with van der Waals surface area (Å²) in [7, 11) is 1.13. The number of nitrogens with zero attached hydrogens (tertiary/aromatic N) is 2. The number of likely N-dealkylation sites (tertiary alicyclic amines) is 1. The van der Waals surface area contributed by atoms with Crippen LogP contribution in [0.2, 0.25) is 5.02 Å². The summed E-state index contributed by atoms with van der Waals surface area (Å²) >= 11 is 5.87. The van der Waals surface area contributed by atoms with E-state index in [0.717, 1.165) is 24.4 Å². The minimum atomic E-state index is -4.84. The second-order valence-corrected chi connectivity index (χ2v) is 9.54. The van der Waals surface area contributed by atoms with Crippen molar-refractivity contribution in [2.24, 2.45) is 0 Å². The predicted octanol–water partition coefficient (Wildman–Crippen LogP) is 4.82. The third-order valence-electron chi connectivity index (χ3n) is 6.82. The predicted molar refractivity (Wildman–Crippen MR) is 138 cm³/mol. The molecule has 2 aromatic rings. The van der Waals surface area contributed by atoms with Crippen LogP contribution in [0.15, 0.2) is 36.4 Å². The van der Waals surface area contributed by atoms with Gasteiger partial charge in [-0.1, -0.05) is 29.8 Å². The minimum Gasteiger partial charge on any atom is -0.414 e. The number of hydrogen-bond acceptors (Lipinski definition) is 6. The first-order valence-corrected chi connectivity index (χ1v) is 12.5. The Bertz CT molecular complexity index is 1310. The maximum atomic E-state index is 13.4. The van der Waals surface area contributed by atoms with E-state index in [-0.39, 0.29) is 30.7 Å². The molecule has 2 heterocycles. The molecule has 2 aliphatic rings. The molecule has 2 aromatic carbocycles. The number of ether oxygens (including phenoxy) is 2. The zero-order valence-electron chi connectivity index (χ0n) is 20.9. The Morgan fingerprint density at radius 3 is 2.54 bits per heavy atom. The van der Waals surface area contributed by atoms with Gasteiger partial charge in [0.1, 0.15) is 11.5 Å². The van der Waals surface area contributed by atoms with Gasteiger partial charge in [-0.3, -0.25) is 0 Å². The lowest BCUT2D eigenvalue weighted by molar-refractivity contribution is -0.137. The molecule has 0 bridgehead atoms. The Morgan fingerprint density at radius 1 is 1.21 bits per heavy atom. The number of carbonyl (C=O) groups is 2. The van der Waals surface area contributed by atoms with E-state index in [4.69, 9.17) is 26.8 Å². The number of anilines is 2. The molecule has 0 unspecified atom stereocenters. The van der Waals surface area contributed by atoms with E-state index in [1.807, 2.05) is 24.3 Å². The first-order chi connectivity index (χ1) is 18.5. The van der Waals surface area contributed by atoms with Gasteiger partial charge in [0.2, 0.25) is 6.29 Å². The van der Waals surface area contributed by atoms with Crippen LogP contribution in [0.1, 0.15) is 29.5 Å². The fourth-order valence-electron chi connectivity index (χ4n) is 4.74. The highest BCUT2D eigenvalue weighted by atomic mass is 35.5. The quantitative estimate of drug-likeness (QED) is 0.305. The fraction of sp³-hybridized carbons (Fsp3) is 0.385. The molecule has 3 amide bonds. The van der Waals surface area contributed by atoms with E-state index >= 15 is 0 Å². The number of urea groups is 1. The number of halogens is 4. The first kappa shape index (κ1) is 28.3. The van der Waals surface area contributed by atoms with Crippen molar-refractivity contribution in [1.29, 1.82) is 0 Å². The molecule has 1 atom stereocenters. The molecule has 0 spiro atoms. The van der Waals surface area contributed by atoms with Crippen molar-refractivity contribution in [2.45, 2.75) is 37.8 Å². The Hall–Kier alpha value is -3.73. The second kappa shape index (κ2) is 11.6. The summed E-state index contributed by atoms with van der Waals surface area (Å²) in [6, 6.07) is 8.94. The monoisotopic (exact) mass is 566 g/mol. The van der Waals surface area contributed by atoms with E-state index in [2.05, 4.69) is 5.32 Å². The SMILES string of the molecule is CO[C@H](OC(=O)N1CCC(N2CCc3ccccc3NC2=O)CC1)C(=C=O)c1cc(Cl)c(N)c(C(F)(F)F)c1. The van der Waals surface area contributed by atoms with Gasteiger partial charge in [0.15, 0.2) is 0 Å². The number of fused-ring (bicyclic) bond motifs is 1. The van der Waals surface area contributed by atoms with Gasteiger partial charge in [0.25, 0.3) is 0 Å². The Morgan fingerprint density at radius 2 is 1.90 bits per heavy atom. The smallest absolute Gasteiger partial charge is 0.414 e. The topological polar surface area (TPSA) is 114 Å². The van der Waals surface area contributed by atoms with Gasteiger partial charge in [-0.15, -0.1) is 0 Å². The number of benzene rings is 2. The lowest BCUT2D eigenvalue weighted by Gasteiger charge is -2.37. The third-order valence-corrected chi connectivity index (χ3v) is 7.13. The van der Waals surface area contributed by atoms with Gasteiger partial charge in [-0.25, -0.2) is 14.4 Å². The molecule has 0 aliphatic carbocycles. The average molecular weight is 567 g/mol. The van der Waals surface area contributed by atoms with Crippen LogP contribution in [0.25, 0.3) is 5.57 Å². The number of nitrogens with two attached hydrogens (primary N) is 1. The number of piperidine rings is 1. The van der Waals surface area contributed by atoms with E-state index in [1.165, 1.54) is 10.8 Å². The zero-order chi connectivity index (χ0) is 28.3. The van der Waals surface area contributed by atoms with Crippen molar-refractivity contribution in [1.82, 2.24) is 9.80 Å². The maximum absolute atomic E-state index is 13.4. The standard InChI is InChI=1S/C26H26ClF3N4O5/c1-38-23(18(14-35)16-12-19(26(28,29)30)22(31)20(27)13-16)39-25(37)33-9-7-17(8-10-33)34-11-6-15-4-2-3-5-21(15)32-24(34)36/h2-5,12-13,17,23H,6-11,31H2,1H3,(H,32,36)/t23-/m1/s1. The molecule has 13 heteroatoms. The number of hydrogen-bond donors (Lipinski definition) is 2. The summed E-state index contributed by atoms with van der Waals surface area (Å²) in [5.41, 5.74) is 4.54. The molecular weight excluding hydrogens is 541 g/mol. The lowest BCUT2D eigenvalue weighted by atomic mass is 10.0. The number of amides is 3. The minimum absolute atomic E-state index is 0.107. The van der Waals surface area contributed by atoms with Crippen molar-refractivity contribution in [2.75, 3.05) is 37.8 Å². The van der Waals surface area contributed by atoms with E-state index in [1.54, 1.807) is 4.90 Å². The number of alkyl halides is 3. The van der Waals surface area contributed by atoms with Crippen LogP contribution in [0.4, 0.5) is 34.1 Å². The molecule has 208 valence electrons. The summed E-state index contributed by atoms with van der Waals surface area (Å²) in [5.74, 6) is 1.50. The van der Waals surface area contributed by atoms with E-state index in [9.17, 15) is 27.6 Å². The van der Waals surface area contributed by atoms with Crippen molar-refractivity contribution >= 4 is 46.6 Å². The molecule has 1 fully saturated rings. The first-order valence-electron chi connectivity index (χ1n) is 12.1. The zero-order valence-corrected chi connectivity index (χ0v) is 21.6. The number of nitrogen functional groups attached to an aromatic ring is 1. The Balaban J connectivity index is 1.40. The Kier molecular flexibility index (Phi) is 8.39. The number of para-hydroxylation sites is 1. The summed E-state index contributed by atoms with van der Waals surface area (Å²) in [4.78, 5) is 40.6. The number of methoxy groups -OCH3 is 1. The Labute approximate surface area is 227 Å². The van der Waals surface area contributed by atoms with Crippen LogP contribution in [-0.4, -0.2) is 66.9 Å². The maximum Gasteiger partial charge on any atom is 0.418 e. The van der Waals surface area contributed by atoms with Gasteiger partial charge >= 0.3 is 18.3 Å². The van der Waals surface area contributed by atoms with Crippen molar-refractivity contribution in [3.8, 4) is 0 Å². The van der Waals surface area contributed by atoms with Crippen molar-refractivity contribution in [3.63, 3.8) is 0 Å². The average Bonchev–Trinajstić information content (AvgIpc) is 3.07. The normalized spacial score (nSPS) is 17.0. The summed E-state index contributed by atoms with van der Waals surface area (Å²) in [6.07, 6.45) is -5.67. The van der Waals surface area contributed by atoms with Gasteiger partial charge < -0.3 is 30.3 Å². The van der Waals surface area contributed by atoms with Crippen LogP contribution in [-0.2, 0) is 26.9 Å². The fourth-order valence-corrected chi connectivity index (χ4v) is 4.96.